The van der Waals surface area contributed by atoms with Crippen LogP contribution in [0.4, 0.5) is 0 Å². The summed E-state index contributed by atoms with van der Waals surface area (Å²) in [5, 5.41) is 0. The van der Waals surface area contributed by atoms with E-state index in [9.17, 15) is 0 Å². The summed E-state index contributed by atoms with van der Waals surface area (Å²) in [6, 6.07) is 8.82. The lowest BCUT2D eigenvalue weighted by atomic mass is 10.2. The summed E-state index contributed by atoms with van der Waals surface area (Å²) in [5.74, 6) is 0.907. The molecule has 16 heavy (non-hydrogen) atoms. The molecule has 4 heteroatoms. The van der Waals surface area contributed by atoms with Crippen LogP contribution in [0.3, 0.4) is 0 Å². The van der Waals surface area contributed by atoms with Gasteiger partial charge in [0.2, 0.25) is 0 Å². The third kappa shape index (κ3) is 3.96. The molecule has 3 nitrogen and oxygen atoms in total. The summed E-state index contributed by atoms with van der Waals surface area (Å²) in [7, 11) is 0.476. The first-order valence-electron chi connectivity index (χ1n) is 5.55. The number of hydrogen-bond donors (Lipinski definition) is 0. The fraction of sp³-hybridized carbons (Fsp3) is 0.500. The van der Waals surface area contributed by atoms with Gasteiger partial charge in [-0.15, -0.1) is 0 Å². The molecule has 0 spiro atoms. The molecule has 0 aromatic heterocycles. The van der Waals surface area contributed by atoms with Crippen LogP contribution in [-0.4, -0.2) is 29.6 Å². The first kappa shape index (κ1) is 13.2. The highest BCUT2D eigenvalue weighted by Gasteiger charge is 2.17. The van der Waals surface area contributed by atoms with Gasteiger partial charge in [0.25, 0.3) is 0 Å². The van der Waals surface area contributed by atoms with Crippen molar-refractivity contribution in [2.75, 3.05) is 20.3 Å². The van der Waals surface area contributed by atoms with Gasteiger partial charge in [-0.3, -0.25) is 0 Å². The highest BCUT2D eigenvalue weighted by atomic mass is 28.3. The largest absolute Gasteiger partial charge is 0.496 e. The molecule has 0 aliphatic carbocycles. The summed E-state index contributed by atoms with van der Waals surface area (Å²) < 4.78 is 16.5. The van der Waals surface area contributed by atoms with Gasteiger partial charge >= 0.3 is 9.28 Å². The van der Waals surface area contributed by atoms with Gasteiger partial charge in [-0.2, -0.15) is 0 Å². The lowest BCUT2D eigenvalue weighted by Crippen LogP contribution is -2.26. The maximum absolute atomic E-state index is 5.61. The molecule has 0 atom stereocenters. The second-order valence-electron chi connectivity index (χ2n) is 3.23. The lowest BCUT2D eigenvalue weighted by molar-refractivity contribution is 0.212. The average molecular weight is 239 g/mol. The third-order valence-electron chi connectivity index (χ3n) is 2.14. The Morgan fingerprint density at radius 2 is 1.69 bits per heavy atom. The van der Waals surface area contributed by atoms with E-state index in [0.717, 1.165) is 17.4 Å². The average Bonchev–Trinajstić information content (AvgIpc) is 2.30. The summed E-state index contributed by atoms with van der Waals surface area (Å²) in [6.07, 6.45) is 0. The number of rotatable bonds is 7. The number of para-hydroxylation sites is 1. The van der Waals surface area contributed by atoms with Crippen LogP contribution in [0.5, 0.6) is 5.75 Å². The quantitative estimate of drug-likeness (QED) is 0.684. The van der Waals surface area contributed by atoms with Gasteiger partial charge in [-0.1, -0.05) is 18.2 Å². The zero-order valence-corrected chi connectivity index (χ0v) is 11.2. The van der Waals surface area contributed by atoms with Crippen LogP contribution in [0, 0.1) is 0 Å². The highest BCUT2D eigenvalue weighted by Crippen LogP contribution is 2.19. The third-order valence-corrected chi connectivity index (χ3v) is 4.03. The van der Waals surface area contributed by atoms with E-state index in [1.807, 2.05) is 32.0 Å². The number of methoxy groups -OCH3 is 1. The van der Waals surface area contributed by atoms with Crippen LogP contribution in [0.1, 0.15) is 19.4 Å². The van der Waals surface area contributed by atoms with Crippen LogP contribution in [0.15, 0.2) is 24.3 Å². The van der Waals surface area contributed by atoms with Crippen molar-refractivity contribution in [1.29, 1.82) is 0 Å². The molecule has 1 radical (unpaired) electrons. The van der Waals surface area contributed by atoms with E-state index >= 15 is 0 Å². The standard InChI is InChI=1S/C12H19O3Si/c1-4-14-16(15-5-2)10-11-8-6-7-9-12(11)13-3/h6-9H,4-5,10H2,1-3H3. The number of ether oxygens (including phenoxy) is 1. The van der Waals surface area contributed by atoms with Crippen LogP contribution >= 0.6 is 0 Å². The molecule has 89 valence electrons. The summed E-state index contributed by atoms with van der Waals surface area (Å²) >= 11 is 0. The highest BCUT2D eigenvalue weighted by molar-refractivity contribution is 6.43. The van der Waals surface area contributed by atoms with Gasteiger partial charge in [0.1, 0.15) is 5.75 Å². The minimum absolute atomic E-state index is 0.698. The van der Waals surface area contributed by atoms with Gasteiger partial charge in [0.15, 0.2) is 0 Å². The van der Waals surface area contributed by atoms with E-state index in [4.69, 9.17) is 13.6 Å². The summed E-state index contributed by atoms with van der Waals surface area (Å²) in [4.78, 5) is 0. The molecule has 0 amide bonds. The number of hydrogen-bond acceptors (Lipinski definition) is 3. The van der Waals surface area contributed by atoms with Gasteiger partial charge < -0.3 is 13.6 Å². The minimum atomic E-state index is -1.21. The molecule has 0 saturated heterocycles. The van der Waals surface area contributed by atoms with E-state index in [-0.39, 0.29) is 0 Å². The predicted octanol–water partition coefficient (Wildman–Crippen LogP) is 2.34. The van der Waals surface area contributed by atoms with Gasteiger partial charge in [0, 0.05) is 19.3 Å². The molecule has 0 unspecified atom stereocenters. The summed E-state index contributed by atoms with van der Waals surface area (Å²) in [6.45, 7) is 5.38. The van der Waals surface area contributed by atoms with E-state index in [1.54, 1.807) is 7.11 Å². The second-order valence-corrected chi connectivity index (χ2v) is 4.90. The Hall–Kier alpha value is -0.843. The first-order valence-corrected chi connectivity index (χ1v) is 7.07. The molecule has 1 aromatic rings. The Labute approximate surface area is 99.2 Å². The molecule has 0 heterocycles. The fourth-order valence-corrected chi connectivity index (χ4v) is 3.00. The Kier molecular flexibility index (Phi) is 6.14. The van der Waals surface area contributed by atoms with Crippen molar-refractivity contribution in [2.24, 2.45) is 0 Å². The minimum Gasteiger partial charge on any atom is -0.496 e. The van der Waals surface area contributed by atoms with Crippen molar-refractivity contribution in [3.63, 3.8) is 0 Å². The molecule has 0 N–H and O–H groups in total. The molecular weight excluding hydrogens is 220 g/mol. The molecule has 1 aromatic carbocycles. The molecule has 0 bridgehead atoms. The van der Waals surface area contributed by atoms with E-state index < -0.39 is 9.28 Å². The van der Waals surface area contributed by atoms with E-state index in [0.29, 0.717) is 13.2 Å². The van der Waals surface area contributed by atoms with Crippen LogP contribution in [0.2, 0.25) is 0 Å². The summed E-state index contributed by atoms with van der Waals surface area (Å²) in [5.41, 5.74) is 1.15. The maximum atomic E-state index is 5.61. The smallest absolute Gasteiger partial charge is 0.389 e. The normalized spacial score (nSPS) is 10.8. The maximum Gasteiger partial charge on any atom is 0.389 e. The van der Waals surface area contributed by atoms with Crippen molar-refractivity contribution in [1.82, 2.24) is 0 Å². The predicted molar refractivity (Wildman–Crippen MR) is 65.7 cm³/mol. The zero-order valence-electron chi connectivity index (χ0n) is 10.2. The Morgan fingerprint density at radius 1 is 1.06 bits per heavy atom. The molecule has 0 aliphatic rings. The van der Waals surface area contributed by atoms with Crippen molar-refractivity contribution in [3.8, 4) is 5.75 Å². The van der Waals surface area contributed by atoms with Gasteiger partial charge in [-0.05, 0) is 25.5 Å². The van der Waals surface area contributed by atoms with Crippen LogP contribution in [0.25, 0.3) is 0 Å². The van der Waals surface area contributed by atoms with Crippen molar-refractivity contribution < 1.29 is 13.6 Å². The topological polar surface area (TPSA) is 27.7 Å². The molecule has 0 saturated carbocycles. The van der Waals surface area contributed by atoms with E-state index in [1.165, 1.54) is 0 Å². The monoisotopic (exact) mass is 239 g/mol. The van der Waals surface area contributed by atoms with Gasteiger partial charge in [-0.25, -0.2) is 0 Å². The Bertz CT molecular complexity index is 298. The first-order chi connectivity index (χ1) is 7.81. The second kappa shape index (κ2) is 7.43. The molecule has 0 fully saturated rings. The van der Waals surface area contributed by atoms with Crippen molar-refractivity contribution >= 4 is 9.28 Å². The lowest BCUT2D eigenvalue weighted by Gasteiger charge is -2.14. The Morgan fingerprint density at radius 3 is 2.25 bits per heavy atom. The fourth-order valence-electron chi connectivity index (χ4n) is 1.47. The zero-order chi connectivity index (χ0) is 11.8. The molecular formula is C12H19O3Si. The van der Waals surface area contributed by atoms with Crippen LogP contribution in [-0.2, 0) is 14.9 Å². The van der Waals surface area contributed by atoms with Crippen molar-refractivity contribution in [3.05, 3.63) is 29.8 Å². The van der Waals surface area contributed by atoms with Crippen LogP contribution < -0.4 is 4.74 Å². The van der Waals surface area contributed by atoms with Gasteiger partial charge in [0.05, 0.1) is 7.11 Å². The van der Waals surface area contributed by atoms with E-state index in [2.05, 4.69) is 6.07 Å². The Balaban J connectivity index is 2.67. The molecule has 0 aliphatic heterocycles. The van der Waals surface area contributed by atoms with Crippen molar-refractivity contribution in [2.45, 2.75) is 19.9 Å². The number of benzene rings is 1. The SMILES string of the molecule is CCO[Si](Cc1ccccc1OC)OCC. The molecule has 1 rings (SSSR count).